The maximum atomic E-state index is 12.1. The summed E-state index contributed by atoms with van der Waals surface area (Å²) in [5, 5.41) is 19.1. The molecule has 4 heteroatoms. The minimum absolute atomic E-state index is 0.0465. The molecule has 2 rings (SSSR count). The van der Waals surface area contributed by atoms with E-state index in [0.29, 0.717) is 0 Å². The maximum absolute atomic E-state index is 12.1. The van der Waals surface area contributed by atoms with Gasteiger partial charge in [0, 0.05) is 6.42 Å². The van der Waals surface area contributed by atoms with Crippen molar-refractivity contribution in [1.29, 1.82) is 0 Å². The summed E-state index contributed by atoms with van der Waals surface area (Å²) in [4.78, 5) is 12.1. The first kappa shape index (κ1) is 16.2. The lowest BCUT2D eigenvalue weighted by atomic mass is 10.0. The molecular formula is C18H20O4. The van der Waals surface area contributed by atoms with Crippen molar-refractivity contribution in [2.45, 2.75) is 31.7 Å². The summed E-state index contributed by atoms with van der Waals surface area (Å²) in [5.41, 5.74) is 1.65. The van der Waals surface area contributed by atoms with Crippen molar-refractivity contribution in [2.75, 3.05) is 0 Å². The molecule has 2 aromatic carbocycles. The number of carbonyl (C=O) groups excluding carboxylic acids is 1. The van der Waals surface area contributed by atoms with Gasteiger partial charge in [-0.1, -0.05) is 60.7 Å². The van der Waals surface area contributed by atoms with Crippen molar-refractivity contribution in [2.24, 2.45) is 0 Å². The number of benzene rings is 2. The average molecular weight is 300 g/mol. The molecule has 116 valence electrons. The Balaban J connectivity index is 2.21. The second kappa shape index (κ2) is 7.73. The zero-order valence-corrected chi connectivity index (χ0v) is 12.4. The van der Waals surface area contributed by atoms with Gasteiger partial charge in [0.2, 0.25) is 0 Å². The summed E-state index contributed by atoms with van der Waals surface area (Å²) in [6, 6.07) is 18.7. The lowest BCUT2D eigenvalue weighted by Gasteiger charge is -2.21. The molecule has 0 amide bonds. The van der Waals surface area contributed by atoms with Gasteiger partial charge in [0.15, 0.2) is 12.2 Å². The molecule has 0 heterocycles. The van der Waals surface area contributed by atoms with E-state index >= 15 is 0 Å². The minimum Gasteiger partial charge on any atom is -0.451 e. The predicted molar refractivity (Wildman–Crippen MR) is 83.1 cm³/mol. The molecule has 0 aliphatic heterocycles. The van der Waals surface area contributed by atoms with Crippen molar-refractivity contribution in [3.05, 3.63) is 71.8 Å². The molecule has 2 atom stereocenters. The number of aliphatic hydroxyl groups is 2. The number of hydrogen-bond acceptors (Lipinski definition) is 4. The second-order valence-electron chi connectivity index (χ2n) is 5.24. The molecule has 0 saturated heterocycles. The Labute approximate surface area is 130 Å². The van der Waals surface area contributed by atoms with Gasteiger partial charge in [-0.15, -0.1) is 0 Å². The molecule has 22 heavy (non-hydrogen) atoms. The van der Waals surface area contributed by atoms with E-state index in [9.17, 15) is 15.0 Å². The Hall–Kier alpha value is -2.17. The van der Waals surface area contributed by atoms with Gasteiger partial charge in [0.25, 0.3) is 0 Å². The summed E-state index contributed by atoms with van der Waals surface area (Å²) in [7, 11) is 0. The smallest absolute Gasteiger partial charge is 0.336 e. The number of hydrogen-bond donors (Lipinski definition) is 2. The third kappa shape index (κ3) is 4.41. The highest BCUT2D eigenvalue weighted by Gasteiger charge is 2.24. The van der Waals surface area contributed by atoms with Crippen molar-refractivity contribution in [1.82, 2.24) is 0 Å². The van der Waals surface area contributed by atoms with Crippen LogP contribution in [0.1, 0.15) is 30.6 Å². The predicted octanol–water partition coefficient (Wildman–Crippen LogP) is 2.45. The lowest BCUT2D eigenvalue weighted by molar-refractivity contribution is -0.159. The SMILES string of the molecule is CC(O)CC(O)C(=O)OC(c1ccccc1)c1ccccc1. The van der Waals surface area contributed by atoms with Gasteiger partial charge in [0.1, 0.15) is 0 Å². The number of ether oxygens (including phenoxy) is 1. The standard InChI is InChI=1S/C18H20O4/c1-13(19)12-16(20)18(21)22-17(14-8-4-2-5-9-14)15-10-6-3-7-11-15/h2-11,13,16-17,19-20H,12H2,1H3. The molecule has 0 spiro atoms. The highest BCUT2D eigenvalue weighted by Crippen LogP contribution is 2.26. The van der Waals surface area contributed by atoms with E-state index < -0.39 is 24.3 Å². The van der Waals surface area contributed by atoms with Gasteiger partial charge in [0.05, 0.1) is 6.10 Å². The largest absolute Gasteiger partial charge is 0.451 e. The van der Waals surface area contributed by atoms with Gasteiger partial charge in [-0.2, -0.15) is 0 Å². The Morgan fingerprint density at radius 1 is 0.955 bits per heavy atom. The fourth-order valence-corrected chi connectivity index (χ4v) is 2.20. The summed E-state index contributed by atoms with van der Waals surface area (Å²) in [6.45, 7) is 1.52. The van der Waals surface area contributed by atoms with Crippen molar-refractivity contribution < 1.29 is 19.7 Å². The van der Waals surface area contributed by atoms with Crippen LogP contribution in [0.2, 0.25) is 0 Å². The second-order valence-corrected chi connectivity index (χ2v) is 5.24. The topological polar surface area (TPSA) is 66.8 Å². The quantitative estimate of drug-likeness (QED) is 0.804. The number of carbonyl (C=O) groups is 1. The van der Waals surface area contributed by atoms with Crippen LogP contribution in [0.5, 0.6) is 0 Å². The summed E-state index contributed by atoms with van der Waals surface area (Å²) in [6.07, 6.45) is -2.74. The number of rotatable bonds is 6. The summed E-state index contributed by atoms with van der Waals surface area (Å²) in [5.74, 6) is -0.737. The molecule has 0 radical (unpaired) electrons. The fourth-order valence-electron chi connectivity index (χ4n) is 2.20. The van der Waals surface area contributed by atoms with E-state index in [4.69, 9.17) is 4.74 Å². The van der Waals surface area contributed by atoms with Gasteiger partial charge in [-0.05, 0) is 18.1 Å². The molecule has 4 nitrogen and oxygen atoms in total. The molecule has 0 aliphatic rings. The molecular weight excluding hydrogens is 280 g/mol. The van der Waals surface area contributed by atoms with Gasteiger partial charge < -0.3 is 14.9 Å². The average Bonchev–Trinajstić information content (AvgIpc) is 2.53. The first-order valence-corrected chi connectivity index (χ1v) is 7.24. The zero-order chi connectivity index (χ0) is 15.9. The van der Waals surface area contributed by atoms with E-state index in [-0.39, 0.29) is 6.42 Å². The molecule has 0 bridgehead atoms. The van der Waals surface area contributed by atoms with Crippen LogP contribution in [0.4, 0.5) is 0 Å². The van der Waals surface area contributed by atoms with E-state index in [1.54, 1.807) is 0 Å². The molecule has 2 N–H and O–H groups in total. The van der Waals surface area contributed by atoms with Crippen LogP contribution in [0, 0.1) is 0 Å². The van der Waals surface area contributed by atoms with Crippen molar-refractivity contribution in [3.8, 4) is 0 Å². The van der Waals surface area contributed by atoms with Crippen LogP contribution < -0.4 is 0 Å². The number of aliphatic hydroxyl groups excluding tert-OH is 2. The molecule has 0 aromatic heterocycles. The molecule has 0 fully saturated rings. The maximum Gasteiger partial charge on any atom is 0.336 e. The van der Waals surface area contributed by atoms with Gasteiger partial charge in [-0.3, -0.25) is 0 Å². The Bertz CT molecular complexity index is 541. The zero-order valence-electron chi connectivity index (χ0n) is 12.4. The monoisotopic (exact) mass is 300 g/mol. The normalized spacial score (nSPS) is 13.6. The molecule has 0 saturated carbocycles. The van der Waals surface area contributed by atoms with Crippen LogP contribution >= 0.6 is 0 Å². The van der Waals surface area contributed by atoms with E-state index in [1.807, 2.05) is 60.7 Å². The summed E-state index contributed by atoms with van der Waals surface area (Å²) < 4.78 is 5.49. The Morgan fingerprint density at radius 3 is 1.82 bits per heavy atom. The van der Waals surface area contributed by atoms with E-state index in [2.05, 4.69) is 0 Å². The molecule has 0 aliphatic carbocycles. The number of esters is 1. The van der Waals surface area contributed by atoms with Crippen LogP contribution in [0.3, 0.4) is 0 Å². The first-order valence-electron chi connectivity index (χ1n) is 7.24. The van der Waals surface area contributed by atoms with Crippen LogP contribution in [-0.2, 0) is 9.53 Å². The minimum atomic E-state index is -1.34. The van der Waals surface area contributed by atoms with Gasteiger partial charge in [-0.25, -0.2) is 4.79 Å². The lowest BCUT2D eigenvalue weighted by Crippen LogP contribution is -2.28. The van der Waals surface area contributed by atoms with Crippen LogP contribution in [-0.4, -0.2) is 28.4 Å². The van der Waals surface area contributed by atoms with Crippen molar-refractivity contribution >= 4 is 5.97 Å². The van der Waals surface area contributed by atoms with E-state index in [1.165, 1.54) is 6.92 Å². The third-order valence-electron chi connectivity index (χ3n) is 3.28. The van der Waals surface area contributed by atoms with Crippen LogP contribution in [0.15, 0.2) is 60.7 Å². The van der Waals surface area contributed by atoms with Gasteiger partial charge >= 0.3 is 5.97 Å². The first-order chi connectivity index (χ1) is 10.6. The highest BCUT2D eigenvalue weighted by atomic mass is 16.6. The Morgan fingerprint density at radius 2 is 1.41 bits per heavy atom. The fraction of sp³-hybridized carbons (Fsp3) is 0.278. The van der Waals surface area contributed by atoms with Crippen molar-refractivity contribution in [3.63, 3.8) is 0 Å². The molecule has 2 aromatic rings. The third-order valence-corrected chi connectivity index (χ3v) is 3.28. The van der Waals surface area contributed by atoms with E-state index in [0.717, 1.165) is 11.1 Å². The molecule has 2 unspecified atom stereocenters. The van der Waals surface area contributed by atoms with Crippen LogP contribution in [0.25, 0.3) is 0 Å². The summed E-state index contributed by atoms with van der Waals surface area (Å²) >= 11 is 0. The Kier molecular flexibility index (Phi) is 5.69. The highest BCUT2D eigenvalue weighted by molar-refractivity contribution is 5.75.